The minimum Gasteiger partial charge on any atom is -0.496 e. The first-order chi connectivity index (χ1) is 14.2. The van der Waals surface area contributed by atoms with Crippen molar-refractivity contribution in [3.05, 3.63) is 77.1 Å². The maximum atomic E-state index is 5.64. The molecular weight excluding hydrogens is 360 g/mol. The van der Waals surface area contributed by atoms with Crippen LogP contribution in [0, 0.1) is 13.8 Å². The van der Waals surface area contributed by atoms with Gasteiger partial charge in [0.25, 0.3) is 0 Å². The third-order valence-corrected chi connectivity index (χ3v) is 5.69. The highest BCUT2D eigenvalue weighted by molar-refractivity contribution is 5.45. The van der Waals surface area contributed by atoms with E-state index in [2.05, 4.69) is 71.2 Å². The number of nitrogens with one attached hydrogen (secondary N) is 2. The summed E-state index contributed by atoms with van der Waals surface area (Å²) in [5.74, 6) is 0.905. The molecule has 29 heavy (non-hydrogen) atoms. The predicted octanol–water partition coefficient (Wildman–Crippen LogP) is 4.08. The van der Waals surface area contributed by atoms with Gasteiger partial charge in [0.2, 0.25) is 0 Å². The second-order valence-corrected chi connectivity index (χ2v) is 7.81. The molecule has 0 aliphatic carbocycles. The Bertz CT molecular complexity index is 951. The van der Waals surface area contributed by atoms with Gasteiger partial charge in [-0.15, -0.1) is 0 Å². The van der Waals surface area contributed by atoms with Crippen LogP contribution in [0.15, 0.2) is 54.6 Å². The lowest BCUT2D eigenvalue weighted by molar-refractivity contribution is 0.303. The normalized spacial score (nSPS) is 19.3. The van der Waals surface area contributed by atoms with Gasteiger partial charge in [0.1, 0.15) is 5.75 Å². The fourth-order valence-corrected chi connectivity index (χ4v) is 4.29. The van der Waals surface area contributed by atoms with E-state index >= 15 is 0 Å². The lowest BCUT2D eigenvalue weighted by Gasteiger charge is -2.34. The van der Waals surface area contributed by atoms with Crippen LogP contribution >= 0.6 is 0 Å². The lowest BCUT2D eigenvalue weighted by atomic mass is 9.92. The van der Waals surface area contributed by atoms with Crippen molar-refractivity contribution in [2.45, 2.75) is 45.3 Å². The highest BCUT2D eigenvalue weighted by Crippen LogP contribution is 2.26. The zero-order valence-corrected chi connectivity index (χ0v) is 17.5. The molecule has 5 nitrogen and oxygen atoms in total. The second kappa shape index (κ2) is 8.80. The summed E-state index contributed by atoms with van der Waals surface area (Å²) >= 11 is 0. The largest absolute Gasteiger partial charge is 0.496 e. The molecular formula is C24H30N4O. The van der Waals surface area contributed by atoms with Gasteiger partial charge in [-0.25, -0.2) is 4.68 Å². The molecule has 0 spiro atoms. The summed E-state index contributed by atoms with van der Waals surface area (Å²) in [6, 6.07) is 19.8. The van der Waals surface area contributed by atoms with Gasteiger partial charge in [0.05, 0.1) is 18.5 Å². The van der Waals surface area contributed by atoms with Crippen molar-refractivity contribution in [1.82, 2.24) is 20.4 Å². The van der Waals surface area contributed by atoms with Crippen LogP contribution in [0.3, 0.4) is 0 Å². The lowest BCUT2D eigenvalue weighted by Crippen LogP contribution is -2.45. The number of hydrogen-bond donors (Lipinski definition) is 2. The number of ether oxygens (including phenoxy) is 1. The second-order valence-electron chi connectivity index (χ2n) is 7.81. The Morgan fingerprint density at radius 1 is 1.14 bits per heavy atom. The molecule has 0 saturated carbocycles. The third kappa shape index (κ3) is 4.36. The zero-order chi connectivity index (χ0) is 20.2. The maximum absolute atomic E-state index is 5.64. The van der Waals surface area contributed by atoms with Crippen LogP contribution in [0.1, 0.15) is 41.4 Å². The van der Waals surface area contributed by atoms with Gasteiger partial charge in [-0.2, -0.15) is 5.10 Å². The molecule has 0 unspecified atom stereocenters. The van der Waals surface area contributed by atoms with Crippen molar-refractivity contribution in [1.29, 1.82) is 0 Å². The number of hydrogen-bond acceptors (Lipinski definition) is 4. The Morgan fingerprint density at radius 2 is 1.97 bits per heavy atom. The van der Waals surface area contributed by atoms with E-state index in [1.807, 2.05) is 17.7 Å². The molecule has 1 fully saturated rings. The Kier molecular flexibility index (Phi) is 5.97. The average molecular weight is 391 g/mol. The molecule has 1 saturated heterocycles. The number of piperidine rings is 1. The van der Waals surface area contributed by atoms with Crippen molar-refractivity contribution in [3.8, 4) is 11.4 Å². The van der Waals surface area contributed by atoms with E-state index in [1.54, 1.807) is 7.11 Å². The van der Waals surface area contributed by atoms with Gasteiger partial charge in [0.15, 0.2) is 0 Å². The summed E-state index contributed by atoms with van der Waals surface area (Å²) in [6.45, 7) is 5.93. The van der Waals surface area contributed by atoms with Crippen LogP contribution in [0.5, 0.6) is 5.75 Å². The van der Waals surface area contributed by atoms with Crippen LogP contribution < -0.4 is 15.4 Å². The molecule has 2 atom stereocenters. The van der Waals surface area contributed by atoms with Crippen LogP contribution in [-0.4, -0.2) is 29.5 Å². The smallest absolute Gasteiger partial charge is 0.123 e. The maximum Gasteiger partial charge on any atom is 0.123 e. The average Bonchev–Trinajstić information content (AvgIpc) is 3.10. The van der Waals surface area contributed by atoms with Gasteiger partial charge in [-0.1, -0.05) is 30.3 Å². The molecule has 2 N–H and O–H groups in total. The molecule has 2 heterocycles. The topological polar surface area (TPSA) is 51.1 Å². The SMILES string of the molecule is COc1ccc(-n2nc(C)cc2C)cc1CN[C@H]1CCCN[C@H]1c1ccccc1. The highest BCUT2D eigenvalue weighted by Gasteiger charge is 2.25. The number of aromatic nitrogens is 2. The van der Waals surface area contributed by atoms with E-state index < -0.39 is 0 Å². The van der Waals surface area contributed by atoms with E-state index in [0.717, 1.165) is 47.9 Å². The fraction of sp³-hybridized carbons (Fsp3) is 0.375. The Morgan fingerprint density at radius 3 is 2.69 bits per heavy atom. The van der Waals surface area contributed by atoms with Gasteiger partial charge in [-0.3, -0.25) is 0 Å². The Hall–Kier alpha value is -2.63. The number of benzene rings is 2. The molecule has 1 aliphatic heterocycles. The molecule has 0 radical (unpaired) electrons. The summed E-state index contributed by atoms with van der Waals surface area (Å²) in [5, 5.41) is 12.1. The summed E-state index contributed by atoms with van der Waals surface area (Å²) in [7, 11) is 1.73. The van der Waals surface area contributed by atoms with E-state index in [4.69, 9.17) is 4.74 Å². The van der Waals surface area contributed by atoms with Crippen LogP contribution in [-0.2, 0) is 6.54 Å². The minimum atomic E-state index is 0.329. The van der Waals surface area contributed by atoms with E-state index in [9.17, 15) is 0 Å². The summed E-state index contributed by atoms with van der Waals surface area (Å²) in [5.41, 5.74) is 5.71. The van der Waals surface area contributed by atoms with Gasteiger partial charge in [-0.05, 0) is 63.1 Å². The zero-order valence-electron chi connectivity index (χ0n) is 17.5. The van der Waals surface area contributed by atoms with E-state index in [1.165, 1.54) is 12.0 Å². The van der Waals surface area contributed by atoms with Crippen LogP contribution in [0.25, 0.3) is 5.69 Å². The molecule has 2 aromatic carbocycles. The number of methoxy groups -OCH3 is 1. The Balaban J connectivity index is 1.55. The van der Waals surface area contributed by atoms with E-state index in [-0.39, 0.29) is 0 Å². The van der Waals surface area contributed by atoms with Gasteiger partial charge in [0, 0.05) is 29.9 Å². The molecule has 5 heteroatoms. The molecule has 0 bridgehead atoms. The molecule has 0 amide bonds. The third-order valence-electron chi connectivity index (χ3n) is 5.69. The molecule has 4 rings (SSSR count). The first kappa shape index (κ1) is 19.7. The van der Waals surface area contributed by atoms with Crippen molar-refractivity contribution in [2.24, 2.45) is 0 Å². The van der Waals surface area contributed by atoms with Crippen molar-refractivity contribution < 1.29 is 4.74 Å². The van der Waals surface area contributed by atoms with Crippen LogP contribution in [0.2, 0.25) is 0 Å². The fourth-order valence-electron chi connectivity index (χ4n) is 4.29. The van der Waals surface area contributed by atoms with Crippen LogP contribution in [0.4, 0.5) is 0 Å². The predicted molar refractivity (Wildman–Crippen MR) is 117 cm³/mol. The quantitative estimate of drug-likeness (QED) is 0.666. The monoisotopic (exact) mass is 390 g/mol. The molecule has 1 aromatic heterocycles. The first-order valence-corrected chi connectivity index (χ1v) is 10.4. The number of nitrogens with zero attached hydrogens (tertiary/aromatic N) is 2. The van der Waals surface area contributed by atoms with Gasteiger partial charge < -0.3 is 15.4 Å². The van der Waals surface area contributed by atoms with Crippen molar-refractivity contribution in [3.63, 3.8) is 0 Å². The highest BCUT2D eigenvalue weighted by atomic mass is 16.5. The molecule has 152 valence electrons. The first-order valence-electron chi connectivity index (χ1n) is 10.4. The summed E-state index contributed by atoms with van der Waals surface area (Å²) in [6.07, 6.45) is 2.34. The molecule has 3 aromatic rings. The summed E-state index contributed by atoms with van der Waals surface area (Å²) < 4.78 is 7.63. The van der Waals surface area contributed by atoms with E-state index in [0.29, 0.717) is 12.1 Å². The van der Waals surface area contributed by atoms with Crippen molar-refractivity contribution >= 4 is 0 Å². The number of rotatable bonds is 6. The standard InChI is InChI=1S/C24H30N4O/c1-17-14-18(2)28(27-17)21-11-12-23(29-3)20(15-21)16-26-22-10-7-13-25-24(22)19-8-5-4-6-9-19/h4-6,8-9,11-12,14-15,22,24-26H,7,10,13,16H2,1-3H3/t22-,24-/m0/s1. The minimum absolute atomic E-state index is 0.329. The molecule has 1 aliphatic rings. The number of aryl methyl sites for hydroxylation is 2. The summed E-state index contributed by atoms with van der Waals surface area (Å²) in [4.78, 5) is 0. The van der Waals surface area contributed by atoms with Gasteiger partial charge >= 0.3 is 0 Å². The Labute approximate surface area is 173 Å². The van der Waals surface area contributed by atoms with Crippen molar-refractivity contribution in [2.75, 3.05) is 13.7 Å².